The number of benzene rings is 2. The molecule has 0 unspecified atom stereocenters. The number of unbranched alkanes of at least 4 members (excludes halogenated alkanes) is 8. The average Bonchev–Trinajstić information content (AvgIpc) is 2.83. The van der Waals surface area contributed by atoms with Gasteiger partial charge in [0.15, 0.2) is 0 Å². The molecule has 0 aliphatic carbocycles. The molecule has 0 fully saturated rings. The quantitative estimate of drug-likeness (QED) is 0.208. The van der Waals surface area contributed by atoms with Crippen LogP contribution in [0.5, 0.6) is 0 Å². The summed E-state index contributed by atoms with van der Waals surface area (Å²) >= 11 is 0. The highest BCUT2D eigenvalue weighted by Crippen LogP contribution is 2.12. The lowest BCUT2D eigenvalue weighted by Crippen LogP contribution is -1.86. The second kappa shape index (κ2) is 17.1. The molecule has 0 spiro atoms. The summed E-state index contributed by atoms with van der Waals surface area (Å²) in [4.78, 5) is 0. The molecule has 0 saturated carbocycles. The number of rotatable bonds is 14. The van der Waals surface area contributed by atoms with E-state index in [1.807, 2.05) is 12.2 Å². The Morgan fingerprint density at radius 2 is 0.875 bits per heavy atom. The Balaban J connectivity index is 1.69. The minimum absolute atomic E-state index is 1.19. The van der Waals surface area contributed by atoms with Crippen molar-refractivity contribution in [3.8, 4) is 11.8 Å². The molecule has 0 amide bonds. The van der Waals surface area contributed by atoms with Crippen molar-refractivity contribution in [2.24, 2.45) is 0 Å². The second-order valence-corrected chi connectivity index (χ2v) is 8.77. The molecule has 0 aliphatic rings. The van der Waals surface area contributed by atoms with Crippen LogP contribution in [-0.2, 0) is 12.8 Å². The molecule has 0 saturated heterocycles. The Morgan fingerprint density at radius 3 is 1.25 bits per heavy atom. The van der Waals surface area contributed by atoms with E-state index in [1.165, 1.54) is 99.3 Å². The monoisotopic (exact) mass is 426 g/mol. The van der Waals surface area contributed by atoms with Gasteiger partial charge in [-0.25, -0.2) is 0 Å². The van der Waals surface area contributed by atoms with Gasteiger partial charge in [0.25, 0.3) is 0 Å². The molecule has 0 radical (unpaired) electrons. The zero-order valence-electron chi connectivity index (χ0n) is 20.4. The third-order valence-corrected chi connectivity index (χ3v) is 5.90. The molecule has 0 N–H and O–H groups in total. The first-order valence-corrected chi connectivity index (χ1v) is 12.8. The number of aryl methyl sites for hydroxylation is 2. The van der Waals surface area contributed by atoms with E-state index >= 15 is 0 Å². The Labute approximate surface area is 197 Å². The van der Waals surface area contributed by atoms with E-state index in [-0.39, 0.29) is 0 Å². The second-order valence-electron chi connectivity index (χ2n) is 8.77. The van der Waals surface area contributed by atoms with Crippen molar-refractivity contribution in [3.05, 3.63) is 82.9 Å². The highest BCUT2D eigenvalue weighted by molar-refractivity contribution is 5.56. The third kappa shape index (κ3) is 11.8. The average molecular weight is 427 g/mol. The van der Waals surface area contributed by atoms with Gasteiger partial charge in [0.1, 0.15) is 0 Å². The number of hydrogen-bond donors (Lipinski definition) is 0. The van der Waals surface area contributed by atoms with E-state index < -0.39 is 0 Å². The van der Waals surface area contributed by atoms with E-state index in [2.05, 4.69) is 86.4 Å². The van der Waals surface area contributed by atoms with Gasteiger partial charge >= 0.3 is 0 Å². The predicted octanol–water partition coefficient (Wildman–Crippen LogP) is 9.44. The maximum Gasteiger partial charge on any atom is -0.0109 e. The maximum absolute atomic E-state index is 3.11. The van der Waals surface area contributed by atoms with Crippen LogP contribution >= 0.6 is 0 Å². The van der Waals surface area contributed by atoms with Gasteiger partial charge in [0, 0.05) is 0 Å². The summed E-state index contributed by atoms with van der Waals surface area (Å²) < 4.78 is 0. The molecule has 32 heavy (non-hydrogen) atoms. The number of hydrogen-bond acceptors (Lipinski definition) is 0. The fourth-order valence-electron chi connectivity index (χ4n) is 3.83. The van der Waals surface area contributed by atoms with Crippen LogP contribution in [0.4, 0.5) is 0 Å². The minimum atomic E-state index is 1.19. The van der Waals surface area contributed by atoms with Crippen LogP contribution in [0.2, 0.25) is 0 Å². The predicted molar refractivity (Wildman–Crippen MR) is 144 cm³/mol. The Kier molecular flexibility index (Phi) is 13.7. The van der Waals surface area contributed by atoms with Crippen LogP contribution in [0, 0.1) is 11.8 Å². The van der Waals surface area contributed by atoms with Crippen molar-refractivity contribution < 1.29 is 0 Å². The molecular weight excluding hydrogens is 384 g/mol. The van der Waals surface area contributed by atoms with E-state index in [0.29, 0.717) is 0 Å². The van der Waals surface area contributed by atoms with Gasteiger partial charge in [-0.05, 0) is 72.2 Å². The van der Waals surface area contributed by atoms with E-state index in [0.717, 1.165) is 0 Å². The molecule has 0 aliphatic heterocycles. The molecule has 0 heterocycles. The first-order chi connectivity index (χ1) is 15.8. The van der Waals surface area contributed by atoms with E-state index in [9.17, 15) is 0 Å². The van der Waals surface area contributed by atoms with Gasteiger partial charge in [0.2, 0.25) is 0 Å². The maximum atomic E-state index is 3.11. The summed E-state index contributed by atoms with van der Waals surface area (Å²) in [7, 11) is 0. The molecule has 0 bridgehead atoms. The van der Waals surface area contributed by atoms with E-state index in [4.69, 9.17) is 0 Å². The van der Waals surface area contributed by atoms with Crippen molar-refractivity contribution in [2.75, 3.05) is 0 Å². The Hall–Kier alpha value is -2.52. The highest BCUT2D eigenvalue weighted by atomic mass is 14.0. The van der Waals surface area contributed by atoms with Crippen molar-refractivity contribution >= 4 is 12.2 Å². The summed E-state index contributed by atoms with van der Waals surface area (Å²) in [6, 6.07) is 17.8. The Bertz CT molecular complexity index is 766. The molecule has 0 heteroatoms. The third-order valence-electron chi connectivity index (χ3n) is 5.90. The highest BCUT2D eigenvalue weighted by Gasteiger charge is 1.95. The molecule has 0 nitrogen and oxygen atoms in total. The van der Waals surface area contributed by atoms with Gasteiger partial charge in [-0.3, -0.25) is 0 Å². The van der Waals surface area contributed by atoms with Gasteiger partial charge in [0.05, 0.1) is 0 Å². The van der Waals surface area contributed by atoms with Gasteiger partial charge in [-0.15, -0.1) is 0 Å². The summed E-state index contributed by atoms with van der Waals surface area (Å²) in [5, 5.41) is 0. The Morgan fingerprint density at radius 1 is 0.500 bits per heavy atom. The molecule has 0 atom stereocenters. The molecule has 0 aromatic heterocycles. The summed E-state index contributed by atoms with van der Waals surface area (Å²) in [6.07, 6.45) is 23.8. The standard InChI is InChI=1S/C32H42/c1-3-5-7-9-13-17-29-21-25-31(26-22-29)19-15-11-12-16-20-32-27-23-30(24-28-32)18-14-10-8-6-4-2/h15-16,19-28H,3-10,13-14,17-18H2,1-2H3/b19-15+,20-16+. The lowest BCUT2D eigenvalue weighted by molar-refractivity contribution is 0.632. The van der Waals surface area contributed by atoms with Crippen molar-refractivity contribution in [1.29, 1.82) is 0 Å². The van der Waals surface area contributed by atoms with Crippen LogP contribution in [0.15, 0.2) is 60.7 Å². The lowest BCUT2D eigenvalue weighted by atomic mass is 10.0. The fourth-order valence-corrected chi connectivity index (χ4v) is 3.83. The zero-order chi connectivity index (χ0) is 22.7. The van der Waals surface area contributed by atoms with Crippen LogP contribution in [0.25, 0.3) is 12.2 Å². The normalized spacial score (nSPS) is 11.2. The first kappa shape index (κ1) is 25.7. The van der Waals surface area contributed by atoms with Crippen molar-refractivity contribution in [3.63, 3.8) is 0 Å². The van der Waals surface area contributed by atoms with Crippen molar-refractivity contribution in [1.82, 2.24) is 0 Å². The lowest BCUT2D eigenvalue weighted by Gasteiger charge is -2.02. The molecule has 170 valence electrons. The van der Waals surface area contributed by atoms with E-state index in [1.54, 1.807) is 0 Å². The molecule has 2 rings (SSSR count). The molecular formula is C32H42. The fraction of sp³-hybridized carbons (Fsp3) is 0.438. The topological polar surface area (TPSA) is 0 Å². The van der Waals surface area contributed by atoms with Crippen LogP contribution in [-0.4, -0.2) is 0 Å². The largest absolute Gasteiger partial charge is 0.0702 e. The van der Waals surface area contributed by atoms with Gasteiger partial charge in [-0.1, -0.05) is 126 Å². The van der Waals surface area contributed by atoms with Crippen LogP contribution in [0.1, 0.15) is 100 Å². The van der Waals surface area contributed by atoms with Crippen molar-refractivity contribution in [2.45, 2.75) is 90.9 Å². The number of allylic oxidation sites excluding steroid dienone is 2. The zero-order valence-corrected chi connectivity index (χ0v) is 20.4. The minimum Gasteiger partial charge on any atom is -0.0702 e. The smallest absolute Gasteiger partial charge is 0.0109 e. The summed E-state index contributed by atoms with van der Waals surface area (Å²) in [5.41, 5.74) is 5.30. The molecule has 2 aromatic rings. The van der Waals surface area contributed by atoms with Gasteiger partial charge in [-0.2, -0.15) is 0 Å². The summed E-state index contributed by atoms with van der Waals surface area (Å²) in [5.74, 6) is 6.22. The molecule has 2 aromatic carbocycles. The SMILES string of the molecule is CCCCCCCc1ccc(/C=C/C#C/C=C/c2ccc(CCCCCCC)cc2)cc1. The first-order valence-electron chi connectivity index (χ1n) is 12.8. The van der Waals surface area contributed by atoms with Crippen LogP contribution < -0.4 is 0 Å². The van der Waals surface area contributed by atoms with Gasteiger partial charge < -0.3 is 0 Å². The summed E-state index contributed by atoms with van der Waals surface area (Å²) in [6.45, 7) is 4.53. The van der Waals surface area contributed by atoms with Crippen LogP contribution in [0.3, 0.4) is 0 Å².